The van der Waals surface area contributed by atoms with Gasteiger partial charge in [-0.15, -0.1) is 5.10 Å². The lowest BCUT2D eigenvalue weighted by Gasteiger charge is -2.31. The van der Waals surface area contributed by atoms with E-state index in [1.54, 1.807) is 31.9 Å². The van der Waals surface area contributed by atoms with Crippen LogP contribution in [0.1, 0.15) is 42.0 Å². The van der Waals surface area contributed by atoms with E-state index in [0.29, 0.717) is 12.1 Å². The number of hydrogen-bond acceptors (Lipinski definition) is 5. The van der Waals surface area contributed by atoms with Gasteiger partial charge in [-0.05, 0) is 18.8 Å². The van der Waals surface area contributed by atoms with Crippen molar-refractivity contribution in [3.05, 3.63) is 28.2 Å². The molecule has 0 unspecified atom stereocenters. The Morgan fingerprint density at radius 1 is 1.29 bits per heavy atom. The van der Waals surface area contributed by atoms with Crippen LogP contribution in [0, 0.1) is 5.92 Å². The van der Waals surface area contributed by atoms with Crippen molar-refractivity contribution in [2.75, 3.05) is 0 Å². The number of hydrogen-bond donors (Lipinski definition) is 1. The fourth-order valence-electron chi connectivity index (χ4n) is 3.36. The van der Waals surface area contributed by atoms with E-state index in [-0.39, 0.29) is 23.6 Å². The van der Waals surface area contributed by atoms with E-state index in [2.05, 4.69) is 20.7 Å². The SMILES string of the molecule is Cn1cc(C(=O)N[C@@H]2CCCC[C@@H]2Cc2nn(C)c(=O)n2C)nn1. The number of rotatable bonds is 4. The largest absolute Gasteiger partial charge is 0.348 e. The van der Waals surface area contributed by atoms with Gasteiger partial charge in [-0.25, -0.2) is 9.48 Å². The second kappa shape index (κ2) is 6.58. The van der Waals surface area contributed by atoms with Gasteiger partial charge in [0.25, 0.3) is 5.91 Å². The first-order chi connectivity index (χ1) is 11.5. The second-order valence-corrected chi connectivity index (χ2v) is 6.49. The Morgan fingerprint density at radius 2 is 2.04 bits per heavy atom. The molecule has 2 heterocycles. The van der Waals surface area contributed by atoms with Crippen molar-refractivity contribution in [2.45, 2.75) is 38.1 Å². The first kappa shape index (κ1) is 16.4. The highest BCUT2D eigenvalue weighted by Crippen LogP contribution is 2.27. The lowest BCUT2D eigenvalue weighted by Crippen LogP contribution is -2.43. The predicted molar refractivity (Wildman–Crippen MR) is 86.4 cm³/mol. The van der Waals surface area contributed by atoms with Crippen LogP contribution in [0.25, 0.3) is 0 Å². The van der Waals surface area contributed by atoms with Crippen LogP contribution < -0.4 is 11.0 Å². The third kappa shape index (κ3) is 3.24. The molecule has 0 spiro atoms. The Labute approximate surface area is 139 Å². The Kier molecular flexibility index (Phi) is 4.50. The van der Waals surface area contributed by atoms with E-state index < -0.39 is 0 Å². The fraction of sp³-hybridized carbons (Fsp3) is 0.667. The molecule has 1 aliphatic carbocycles. The minimum Gasteiger partial charge on any atom is -0.348 e. The number of nitrogens with zero attached hydrogens (tertiary/aromatic N) is 6. The normalized spacial score (nSPS) is 21.0. The summed E-state index contributed by atoms with van der Waals surface area (Å²) in [4.78, 5) is 24.2. The third-order valence-electron chi connectivity index (χ3n) is 4.72. The molecule has 24 heavy (non-hydrogen) atoms. The Morgan fingerprint density at radius 3 is 2.67 bits per heavy atom. The van der Waals surface area contributed by atoms with Crippen molar-refractivity contribution in [3.8, 4) is 0 Å². The molecule has 2 aromatic heterocycles. The fourth-order valence-corrected chi connectivity index (χ4v) is 3.36. The summed E-state index contributed by atoms with van der Waals surface area (Å²) in [6, 6.07) is 0.0605. The second-order valence-electron chi connectivity index (χ2n) is 6.49. The maximum absolute atomic E-state index is 12.3. The number of aromatic nitrogens is 6. The average Bonchev–Trinajstić information content (AvgIpc) is 3.09. The van der Waals surface area contributed by atoms with Crippen molar-refractivity contribution in [1.82, 2.24) is 34.7 Å². The van der Waals surface area contributed by atoms with E-state index in [4.69, 9.17) is 0 Å². The molecule has 0 aromatic carbocycles. The molecule has 130 valence electrons. The van der Waals surface area contributed by atoms with Crippen LogP contribution in [0.2, 0.25) is 0 Å². The molecule has 2 aromatic rings. The first-order valence-corrected chi connectivity index (χ1v) is 8.22. The van der Waals surface area contributed by atoms with Crippen molar-refractivity contribution < 1.29 is 4.79 Å². The van der Waals surface area contributed by atoms with E-state index in [1.807, 2.05) is 0 Å². The highest BCUT2D eigenvalue weighted by Gasteiger charge is 2.29. The van der Waals surface area contributed by atoms with Gasteiger partial charge in [0.15, 0.2) is 5.69 Å². The number of aryl methyl sites for hydroxylation is 2. The maximum atomic E-state index is 12.3. The standard InChI is InChI=1S/C15H23N7O2/c1-20-9-12(17-19-20)14(23)16-11-7-5-4-6-10(11)8-13-18-22(3)15(24)21(13)2/h9-11H,4-8H2,1-3H3,(H,16,23)/t10-,11-/m1/s1. The van der Waals surface area contributed by atoms with Gasteiger partial charge in [0.05, 0.1) is 6.20 Å². The summed E-state index contributed by atoms with van der Waals surface area (Å²) in [6.45, 7) is 0. The van der Waals surface area contributed by atoms with Gasteiger partial charge in [0.2, 0.25) is 0 Å². The predicted octanol–water partition coefficient (Wildman–Crippen LogP) is -0.221. The molecule has 1 fully saturated rings. The lowest BCUT2D eigenvalue weighted by atomic mass is 9.82. The molecule has 9 heteroatoms. The van der Waals surface area contributed by atoms with Gasteiger partial charge in [-0.2, -0.15) is 5.10 Å². The van der Waals surface area contributed by atoms with Crippen LogP contribution in [0.5, 0.6) is 0 Å². The minimum atomic E-state index is -0.199. The highest BCUT2D eigenvalue weighted by molar-refractivity contribution is 5.92. The molecule has 0 bridgehead atoms. The summed E-state index contributed by atoms with van der Waals surface area (Å²) in [5, 5.41) is 15.0. The molecule has 0 radical (unpaired) electrons. The quantitative estimate of drug-likeness (QED) is 0.834. The number of nitrogens with one attached hydrogen (secondary N) is 1. The molecule has 0 saturated heterocycles. The molecular weight excluding hydrogens is 310 g/mol. The van der Waals surface area contributed by atoms with Crippen LogP contribution in [0.3, 0.4) is 0 Å². The zero-order valence-electron chi connectivity index (χ0n) is 14.3. The molecule has 0 aliphatic heterocycles. The molecule has 1 aliphatic rings. The average molecular weight is 333 g/mol. The van der Waals surface area contributed by atoms with Crippen molar-refractivity contribution in [2.24, 2.45) is 27.1 Å². The Hall–Kier alpha value is -2.45. The van der Waals surface area contributed by atoms with Crippen LogP contribution in [0.4, 0.5) is 0 Å². The molecule has 1 saturated carbocycles. The van der Waals surface area contributed by atoms with Gasteiger partial charge >= 0.3 is 5.69 Å². The maximum Gasteiger partial charge on any atom is 0.345 e. The van der Waals surface area contributed by atoms with Crippen LogP contribution in [-0.4, -0.2) is 41.3 Å². The monoisotopic (exact) mass is 333 g/mol. The zero-order chi connectivity index (χ0) is 17.3. The first-order valence-electron chi connectivity index (χ1n) is 8.22. The van der Waals surface area contributed by atoms with Crippen molar-refractivity contribution in [1.29, 1.82) is 0 Å². The minimum absolute atomic E-state index is 0.0605. The van der Waals surface area contributed by atoms with E-state index in [1.165, 1.54) is 9.36 Å². The third-order valence-corrected chi connectivity index (χ3v) is 4.72. The van der Waals surface area contributed by atoms with Gasteiger partial charge in [-0.3, -0.25) is 14.0 Å². The molecule has 1 amide bonds. The Balaban J connectivity index is 1.72. The van der Waals surface area contributed by atoms with Gasteiger partial charge in [-0.1, -0.05) is 18.1 Å². The molecular formula is C15H23N7O2. The van der Waals surface area contributed by atoms with Crippen molar-refractivity contribution in [3.63, 3.8) is 0 Å². The van der Waals surface area contributed by atoms with Crippen LogP contribution >= 0.6 is 0 Å². The van der Waals surface area contributed by atoms with E-state index in [9.17, 15) is 9.59 Å². The van der Waals surface area contributed by atoms with Crippen LogP contribution in [-0.2, 0) is 27.6 Å². The lowest BCUT2D eigenvalue weighted by molar-refractivity contribution is 0.0899. The number of amides is 1. The van der Waals surface area contributed by atoms with E-state index >= 15 is 0 Å². The Bertz CT molecular complexity index is 788. The molecule has 3 rings (SSSR count). The highest BCUT2D eigenvalue weighted by atomic mass is 16.2. The summed E-state index contributed by atoms with van der Waals surface area (Å²) in [5.41, 5.74) is 0.202. The summed E-state index contributed by atoms with van der Waals surface area (Å²) in [7, 11) is 5.12. The number of carbonyl (C=O) groups excluding carboxylic acids is 1. The smallest absolute Gasteiger partial charge is 0.345 e. The van der Waals surface area contributed by atoms with Gasteiger partial charge in [0, 0.05) is 33.6 Å². The van der Waals surface area contributed by atoms with Crippen LogP contribution in [0.15, 0.2) is 11.0 Å². The van der Waals surface area contributed by atoms with Gasteiger partial charge in [0.1, 0.15) is 5.82 Å². The molecule has 9 nitrogen and oxygen atoms in total. The summed E-state index contributed by atoms with van der Waals surface area (Å²) >= 11 is 0. The number of carbonyl (C=O) groups is 1. The van der Waals surface area contributed by atoms with Crippen molar-refractivity contribution >= 4 is 5.91 Å². The molecule has 1 N–H and O–H groups in total. The summed E-state index contributed by atoms with van der Waals surface area (Å²) < 4.78 is 4.44. The topological polar surface area (TPSA) is 99.6 Å². The summed E-state index contributed by atoms with van der Waals surface area (Å²) in [6.07, 6.45) is 6.44. The van der Waals surface area contributed by atoms with E-state index in [0.717, 1.165) is 31.5 Å². The zero-order valence-corrected chi connectivity index (χ0v) is 14.3. The summed E-state index contributed by atoms with van der Waals surface area (Å²) in [5.74, 6) is 0.822. The molecule has 2 atom stereocenters. The van der Waals surface area contributed by atoms with Gasteiger partial charge < -0.3 is 5.32 Å².